The van der Waals surface area contributed by atoms with Crippen LogP contribution in [0, 0.1) is 5.82 Å². The van der Waals surface area contributed by atoms with Gasteiger partial charge in [-0.25, -0.2) is 4.39 Å². The Morgan fingerprint density at radius 1 is 0.917 bits per heavy atom. The van der Waals surface area contributed by atoms with Crippen LogP contribution in [0.4, 0.5) is 4.39 Å². The number of para-hydroxylation sites is 2. The number of benzene rings is 2. The summed E-state index contributed by atoms with van der Waals surface area (Å²) in [5, 5.41) is 8.86. The molecule has 0 saturated carbocycles. The normalized spacial score (nSPS) is 12.3. The topological polar surface area (TPSA) is 35.1 Å². The van der Waals surface area contributed by atoms with Gasteiger partial charge in [0.25, 0.3) is 0 Å². The maximum atomic E-state index is 13.2. The maximum absolute atomic E-state index is 13.2. The lowest BCUT2D eigenvalue weighted by atomic mass is 9.96. The summed E-state index contributed by atoms with van der Waals surface area (Å²) in [6.45, 7) is 7.03. The van der Waals surface area contributed by atoms with E-state index in [-0.39, 0.29) is 11.2 Å². The van der Waals surface area contributed by atoms with Crippen molar-refractivity contribution in [3.05, 3.63) is 65.7 Å². The molecule has 0 aliphatic heterocycles. The number of imidazole rings is 1. The minimum Gasteiger partial charge on any atom is -0.304 e. The molecule has 4 rings (SSSR count). The Bertz CT molecular complexity index is 1020. The van der Waals surface area contributed by atoms with Crippen molar-refractivity contribution < 1.29 is 4.39 Å². The minimum absolute atomic E-state index is 0.107. The molecule has 0 fully saturated rings. The molecule has 2 aromatic heterocycles. The van der Waals surface area contributed by atoms with Gasteiger partial charge in [-0.1, -0.05) is 45.0 Å². The van der Waals surface area contributed by atoms with Gasteiger partial charge in [-0.3, -0.25) is 4.40 Å². The molecule has 5 heteroatoms. The fourth-order valence-electron chi connectivity index (χ4n) is 3.08. The summed E-state index contributed by atoms with van der Waals surface area (Å²) in [6, 6.07) is 14.8. The predicted octanol–water partition coefficient (Wildman–Crippen LogP) is 4.17. The van der Waals surface area contributed by atoms with E-state index in [9.17, 15) is 4.39 Å². The number of rotatable bonds is 2. The van der Waals surface area contributed by atoms with E-state index in [2.05, 4.69) is 52.1 Å². The van der Waals surface area contributed by atoms with Crippen LogP contribution in [0.25, 0.3) is 16.8 Å². The zero-order chi connectivity index (χ0) is 16.9. The molecule has 122 valence electrons. The van der Waals surface area contributed by atoms with Crippen LogP contribution in [0.5, 0.6) is 0 Å². The van der Waals surface area contributed by atoms with Crippen molar-refractivity contribution in [2.75, 3.05) is 0 Å². The zero-order valence-electron chi connectivity index (χ0n) is 14.0. The first-order chi connectivity index (χ1) is 11.4. The molecule has 0 bridgehead atoms. The highest BCUT2D eigenvalue weighted by Crippen LogP contribution is 2.27. The van der Waals surface area contributed by atoms with Gasteiger partial charge in [0, 0.05) is 5.41 Å². The molecule has 4 aromatic rings. The molecule has 0 atom stereocenters. The molecule has 2 heterocycles. The third kappa shape index (κ3) is 2.28. The van der Waals surface area contributed by atoms with Crippen LogP contribution in [-0.4, -0.2) is 19.2 Å². The predicted molar refractivity (Wildman–Crippen MR) is 92.7 cm³/mol. The average molecular weight is 322 g/mol. The quantitative estimate of drug-likeness (QED) is 0.555. The smallest absolute Gasteiger partial charge is 0.236 e. The van der Waals surface area contributed by atoms with Crippen LogP contribution in [0.1, 0.15) is 32.2 Å². The first-order valence-electron chi connectivity index (χ1n) is 8.02. The Morgan fingerprint density at radius 3 is 2.25 bits per heavy atom. The van der Waals surface area contributed by atoms with E-state index >= 15 is 0 Å². The van der Waals surface area contributed by atoms with Crippen molar-refractivity contribution in [1.29, 1.82) is 0 Å². The Kier molecular flexibility index (Phi) is 3.20. The Morgan fingerprint density at radius 2 is 1.58 bits per heavy atom. The standard InChI is InChI=1S/C19H19FN4/c1-19(2,3)17-21-22-18-23(12-13-8-10-14(20)11-9-13)15-6-4-5-7-16(15)24(17)18/h4-11H,12H2,1-3H3. The van der Waals surface area contributed by atoms with Gasteiger partial charge in [-0.2, -0.15) is 0 Å². The van der Waals surface area contributed by atoms with E-state index in [0.717, 1.165) is 28.2 Å². The van der Waals surface area contributed by atoms with Crippen molar-refractivity contribution in [2.24, 2.45) is 0 Å². The van der Waals surface area contributed by atoms with Crippen LogP contribution in [-0.2, 0) is 12.0 Å². The molecule has 0 amide bonds. The summed E-state index contributed by atoms with van der Waals surface area (Å²) in [5.74, 6) is 1.52. The lowest BCUT2D eigenvalue weighted by molar-refractivity contribution is 0.541. The van der Waals surface area contributed by atoms with E-state index in [1.54, 1.807) is 0 Å². The molecule has 0 saturated heterocycles. The second-order valence-electron chi connectivity index (χ2n) is 7.11. The molecule has 0 aliphatic carbocycles. The average Bonchev–Trinajstić information content (AvgIpc) is 3.09. The number of hydrogen-bond donors (Lipinski definition) is 0. The van der Waals surface area contributed by atoms with Crippen molar-refractivity contribution >= 4 is 16.8 Å². The van der Waals surface area contributed by atoms with Gasteiger partial charge in [-0.05, 0) is 29.8 Å². The van der Waals surface area contributed by atoms with Gasteiger partial charge in [0.1, 0.15) is 11.6 Å². The molecule has 24 heavy (non-hydrogen) atoms. The monoisotopic (exact) mass is 322 g/mol. The first kappa shape index (κ1) is 14.9. The van der Waals surface area contributed by atoms with E-state index < -0.39 is 0 Å². The Labute approximate surface area is 139 Å². The lowest BCUT2D eigenvalue weighted by Crippen LogP contribution is -2.15. The highest BCUT2D eigenvalue weighted by molar-refractivity contribution is 5.81. The van der Waals surface area contributed by atoms with E-state index in [1.807, 2.05) is 24.3 Å². The van der Waals surface area contributed by atoms with Crippen LogP contribution in [0.15, 0.2) is 48.5 Å². The van der Waals surface area contributed by atoms with Gasteiger partial charge in [0.15, 0.2) is 0 Å². The van der Waals surface area contributed by atoms with Gasteiger partial charge in [0.2, 0.25) is 5.78 Å². The molecule has 0 spiro atoms. The summed E-state index contributed by atoms with van der Waals surface area (Å²) in [7, 11) is 0. The molecular weight excluding hydrogens is 303 g/mol. The summed E-state index contributed by atoms with van der Waals surface area (Å²) >= 11 is 0. The Balaban J connectivity index is 1.97. The summed E-state index contributed by atoms with van der Waals surface area (Å²) < 4.78 is 17.4. The van der Waals surface area contributed by atoms with Crippen LogP contribution >= 0.6 is 0 Å². The van der Waals surface area contributed by atoms with Crippen molar-refractivity contribution in [3.8, 4) is 0 Å². The summed E-state index contributed by atoms with van der Waals surface area (Å²) in [4.78, 5) is 0. The molecule has 0 aliphatic rings. The maximum Gasteiger partial charge on any atom is 0.236 e. The third-order valence-corrected chi connectivity index (χ3v) is 4.23. The molecular formula is C19H19FN4. The largest absolute Gasteiger partial charge is 0.304 e. The molecule has 0 radical (unpaired) electrons. The second kappa shape index (κ2) is 5.16. The van der Waals surface area contributed by atoms with Crippen molar-refractivity contribution in [3.63, 3.8) is 0 Å². The summed E-state index contributed by atoms with van der Waals surface area (Å²) in [6.07, 6.45) is 0. The SMILES string of the molecule is CC(C)(C)c1nnc2n(Cc3ccc(F)cc3)c3ccccc3n12. The van der Waals surface area contributed by atoms with Gasteiger partial charge in [0.05, 0.1) is 17.6 Å². The minimum atomic E-state index is -0.223. The second-order valence-corrected chi connectivity index (χ2v) is 7.11. The number of nitrogens with zero attached hydrogens (tertiary/aromatic N) is 4. The van der Waals surface area contributed by atoms with Crippen molar-refractivity contribution in [1.82, 2.24) is 19.2 Å². The molecule has 0 N–H and O–H groups in total. The number of halogens is 1. The fraction of sp³-hybridized carbons (Fsp3) is 0.263. The number of fused-ring (bicyclic) bond motifs is 3. The first-order valence-corrected chi connectivity index (χ1v) is 8.02. The van der Waals surface area contributed by atoms with Gasteiger partial charge >= 0.3 is 0 Å². The van der Waals surface area contributed by atoms with Crippen LogP contribution in [0.3, 0.4) is 0 Å². The van der Waals surface area contributed by atoms with Gasteiger partial charge < -0.3 is 4.57 Å². The number of aromatic nitrogens is 4. The van der Waals surface area contributed by atoms with Crippen molar-refractivity contribution in [2.45, 2.75) is 32.7 Å². The van der Waals surface area contributed by atoms with Gasteiger partial charge in [-0.15, -0.1) is 10.2 Å². The van der Waals surface area contributed by atoms with E-state index in [4.69, 9.17) is 0 Å². The fourth-order valence-corrected chi connectivity index (χ4v) is 3.08. The highest BCUT2D eigenvalue weighted by Gasteiger charge is 2.25. The molecule has 0 unspecified atom stereocenters. The number of hydrogen-bond acceptors (Lipinski definition) is 2. The molecule has 2 aromatic carbocycles. The Hall–Kier alpha value is -2.69. The van der Waals surface area contributed by atoms with Crippen LogP contribution in [0.2, 0.25) is 0 Å². The zero-order valence-corrected chi connectivity index (χ0v) is 14.0. The van der Waals surface area contributed by atoms with E-state index in [0.29, 0.717) is 6.54 Å². The summed E-state index contributed by atoms with van der Waals surface area (Å²) in [5.41, 5.74) is 3.10. The van der Waals surface area contributed by atoms with E-state index in [1.165, 1.54) is 12.1 Å². The third-order valence-electron chi connectivity index (χ3n) is 4.23. The highest BCUT2D eigenvalue weighted by atomic mass is 19.1. The lowest BCUT2D eigenvalue weighted by Gasteiger charge is -2.14. The molecule has 4 nitrogen and oxygen atoms in total. The van der Waals surface area contributed by atoms with Crippen LogP contribution < -0.4 is 0 Å².